The molecule has 0 unspecified atom stereocenters. The summed E-state index contributed by atoms with van der Waals surface area (Å²) >= 11 is 6.19. The van der Waals surface area contributed by atoms with Gasteiger partial charge in [-0.2, -0.15) is 5.10 Å². The van der Waals surface area contributed by atoms with Gasteiger partial charge in [0.15, 0.2) is 5.82 Å². The summed E-state index contributed by atoms with van der Waals surface area (Å²) in [5.74, 6) is 0.495. The molecule has 0 fully saturated rings. The van der Waals surface area contributed by atoms with Crippen molar-refractivity contribution in [2.45, 2.75) is 19.4 Å². The van der Waals surface area contributed by atoms with E-state index in [2.05, 4.69) is 20.6 Å². The van der Waals surface area contributed by atoms with Gasteiger partial charge in [-0.3, -0.25) is 10.1 Å². The van der Waals surface area contributed by atoms with E-state index in [1.807, 2.05) is 38.4 Å². The van der Waals surface area contributed by atoms with Crippen LogP contribution < -0.4 is 16.2 Å². The van der Waals surface area contributed by atoms with Crippen molar-refractivity contribution in [2.24, 2.45) is 0 Å². The molecule has 3 rings (SSSR count). The summed E-state index contributed by atoms with van der Waals surface area (Å²) in [5, 5.41) is 10.8. The summed E-state index contributed by atoms with van der Waals surface area (Å²) in [4.78, 5) is 26.5. The van der Waals surface area contributed by atoms with Crippen molar-refractivity contribution in [3.05, 3.63) is 81.6 Å². The largest absolute Gasteiger partial charge is 0.449 e. The predicted molar refractivity (Wildman–Crippen MR) is 132 cm³/mol. The molecule has 0 saturated heterocycles. The summed E-state index contributed by atoms with van der Waals surface area (Å²) in [6.07, 6.45) is 1.26. The number of anilines is 3. The monoisotopic (exact) mass is 469 g/mol. The number of nitrogens with zero attached hydrogens (tertiary/aromatic N) is 3. The topological polar surface area (TPSA) is 88.5 Å². The minimum atomic E-state index is -0.502. The Balaban J connectivity index is 1.60. The number of hydrogen-bond acceptors (Lipinski definition) is 6. The fraction of sp³-hybridized carbons (Fsp3) is 0.292. The average Bonchev–Trinajstić information content (AvgIpc) is 2.77. The summed E-state index contributed by atoms with van der Waals surface area (Å²) in [6.45, 7) is 1.56. The summed E-state index contributed by atoms with van der Waals surface area (Å²) in [7, 11) is 4.02. The molecule has 0 aliphatic carbocycles. The Kier molecular flexibility index (Phi) is 8.86. The maximum atomic E-state index is 12.3. The third kappa shape index (κ3) is 7.93. The zero-order valence-electron chi connectivity index (χ0n) is 18.8. The number of aromatic nitrogens is 2. The Morgan fingerprint density at radius 3 is 2.70 bits per heavy atom. The Bertz CT molecular complexity index is 1130. The highest BCUT2D eigenvalue weighted by atomic mass is 35.5. The van der Waals surface area contributed by atoms with Crippen LogP contribution in [0.1, 0.15) is 18.4 Å². The van der Waals surface area contributed by atoms with Crippen molar-refractivity contribution in [3.8, 4) is 0 Å². The lowest BCUT2D eigenvalue weighted by molar-refractivity contribution is 0.158. The molecular formula is C24H28ClN5O3. The van der Waals surface area contributed by atoms with Gasteiger partial charge in [-0.05, 0) is 69.4 Å². The minimum absolute atomic E-state index is 0.241. The van der Waals surface area contributed by atoms with Crippen LogP contribution in [0.15, 0.2) is 65.5 Å². The molecule has 2 aromatic carbocycles. The van der Waals surface area contributed by atoms with E-state index in [0.29, 0.717) is 28.8 Å². The minimum Gasteiger partial charge on any atom is -0.449 e. The van der Waals surface area contributed by atoms with Gasteiger partial charge >= 0.3 is 6.09 Å². The van der Waals surface area contributed by atoms with Gasteiger partial charge in [0.2, 0.25) is 0 Å². The van der Waals surface area contributed by atoms with E-state index in [1.54, 1.807) is 30.3 Å². The van der Waals surface area contributed by atoms with Crippen LogP contribution in [0.2, 0.25) is 5.02 Å². The molecule has 0 aliphatic heterocycles. The maximum Gasteiger partial charge on any atom is 0.411 e. The number of carbonyl (C=O) groups excluding carboxylic acids is 1. The first kappa shape index (κ1) is 24.3. The molecule has 33 heavy (non-hydrogen) atoms. The van der Waals surface area contributed by atoms with E-state index in [0.717, 1.165) is 24.9 Å². The van der Waals surface area contributed by atoms with E-state index in [9.17, 15) is 9.59 Å². The molecule has 174 valence electrons. The van der Waals surface area contributed by atoms with Gasteiger partial charge in [-0.1, -0.05) is 35.9 Å². The van der Waals surface area contributed by atoms with Crippen LogP contribution in [0.4, 0.5) is 22.0 Å². The molecule has 0 saturated carbocycles. The first-order valence-corrected chi connectivity index (χ1v) is 11.1. The SMILES string of the molecule is CN(C)CCCCOC(=O)Nc1cccc(Cn2nc(Nc3ccccc3Cl)ccc2=O)c1. The van der Waals surface area contributed by atoms with Gasteiger partial charge in [-0.25, -0.2) is 9.48 Å². The number of hydrogen-bond donors (Lipinski definition) is 2. The second-order valence-corrected chi connectivity index (χ2v) is 8.20. The first-order chi connectivity index (χ1) is 15.9. The second-order valence-electron chi connectivity index (χ2n) is 7.79. The van der Waals surface area contributed by atoms with Crippen LogP contribution in [0.25, 0.3) is 0 Å². The standard InChI is InChI=1S/C24H28ClN5O3/c1-29(2)14-5-6-15-33-24(32)26-19-9-7-8-18(16-19)17-30-23(31)13-12-22(28-30)27-21-11-4-3-10-20(21)25/h3-4,7-13,16H,5-6,14-15,17H2,1-2H3,(H,26,32)(H,27,28). The highest BCUT2D eigenvalue weighted by Gasteiger charge is 2.07. The molecule has 0 atom stereocenters. The van der Waals surface area contributed by atoms with Gasteiger partial charge < -0.3 is 15.0 Å². The number of amides is 1. The van der Waals surface area contributed by atoms with Gasteiger partial charge in [0.1, 0.15) is 0 Å². The molecule has 3 aromatic rings. The van der Waals surface area contributed by atoms with E-state index in [1.165, 1.54) is 10.7 Å². The molecule has 0 radical (unpaired) electrons. The quantitative estimate of drug-likeness (QED) is 0.422. The highest BCUT2D eigenvalue weighted by Crippen LogP contribution is 2.23. The molecule has 0 aliphatic rings. The lowest BCUT2D eigenvalue weighted by Crippen LogP contribution is -2.23. The van der Waals surface area contributed by atoms with Crippen molar-refractivity contribution in [2.75, 3.05) is 37.9 Å². The van der Waals surface area contributed by atoms with Crippen LogP contribution in [-0.4, -0.2) is 48.0 Å². The zero-order chi connectivity index (χ0) is 23.6. The Labute approximate surface area is 198 Å². The van der Waals surface area contributed by atoms with Crippen LogP contribution in [0.3, 0.4) is 0 Å². The van der Waals surface area contributed by atoms with Crippen LogP contribution in [0, 0.1) is 0 Å². The highest BCUT2D eigenvalue weighted by molar-refractivity contribution is 6.33. The molecule has 1 amide bonds. The van der Waals surface area contributed by atoms with E-state index in [4.69, 9.17) is 16.3 Å². The molecule has 9 heteroatoms. The Hall–Kier alpha value is -3.36. The van der Waals surface area contributed by atoms with E-state index >= 15 is 0 Å². The third-order valence-corrected chi connectivity index (χ3v) is 5.07. The lowest BCUT2D eigenvalue weighted by atomic mass is 10.2. The van der Waals surface area contributed by atoms with Crippen molar-refractivity contribution in [1.82, 2.24) is 14.7 Å². The van der Waals surface area contributed by atoms with Crippen molar-refractivity contribution in [3.63, 3.8) is 0 Å². The summed E-state index contributed by atoms with van der Waals surface area (Å²) in [5.41, 5.74) is 1.85. The van der Waals surface area contributed by atoms with Crippen molar-refractivity contribution >= 4 is 34.9 Å². The number of rotatable bonds is 10. The molecule has 2 N–H and O–H groups in total. The fourth-order valence-corrected chi connectivity index (χ4v) is 3.28. The average molecular weight is 470 g/mol. The molecule has 1 aromatic heterocycles. The number of unbranched alkanes of at least 4 members (excludes halogenated alkanes) is 1. The number of benzene rings is 2. The van der Waals surface area contributed by atoms with Gasteiger partial charge in [0.25, 0.3) is 5.56 Å². The second kappa shape index (κ2) is 12.0. The first-order valence-electron chi connectivity index (χ1n) is 10.7. The predicted octanol–water partition coefficient (Wildman–Crippen LogP) is 4.58. The number of carbonyl (C=O) groups is 1. The van der Waals surface area contributed by atoms with Gasteiger partial charge in [0, 0.05) is 11.8 Å². The Morgan fingerprint density at radius 2 is 1.91 bits per heavy atom. The molecule has 0 spiro atoms. The molecule has 8 nitrogen and oxygen atoms in total. The van der Waals surface area contributed by atoms with Crippen molar-refractivity contribution < 1.29 is 9.53 Å². The third-order valence-electron chi connectivity index (χ3n) is 4.74. The Morgan fingerprint density at radius 1 is 1.09 bits per heavy atom. The fourth-order valence-electron chi connectivity index (χ4n) is 3.10. The number of para-hydroxylation sites is 1. The lowest BCUT2D eigenvalue weighted by Gasteiger charge is -2.12. The van der Waals surface area contributed by atoms with E-state index in [-0.39, 0.29) is 12.1 Å². The van der Waals surface area contributed by atoms with Crippen LogP contribution in [-0.2, 0) is 11.3 Å². The maximum absolute atomic E-state index is 12.3. The normalized spacial score (nSPS) is 10.8. The molecule has 1 heterocycles. The summed E-state index contributed by atoms with van der Waals surface area (Å²) in [6, 6.07) is 17.6. The van der Waals surface area contributed by atoms with Gasteiger partial charge in [-0.15, -0.1) is 0 Å². The van der Waals surface area contributed by atoms with Gasteiger partial charge in [0.05, 0.1) is 23.9 Å². The van der Waals surface area contributed by atoms with Crippen molar-refractivity contribution in [1.29, 1.82) is 0 Å². The number of ether oxygens (including phenoxy) is 1. The van der Waals surface area contributed by atoms with E-state index < -0.39 is 6.09 Å². The van der Waals surface area contributed by atoms with Crippen LogP contribution in [0.5, 0.6) is 0 Å². The zero-order valence-corrected chi connectivity index (χ0v) is 19.5. The van der Waals surface area contributed by atoms with Crippen LogP contribution >= 0.6 is 11.6 Å². The number of halogens is 1. The smallest absolute Gasteiger partial charge is 0.411 e. The summed E-state index contributed by atoms with van der Waals surface area (Å²) < 4.78 is 6.58. The molecule has 0 bridgehead atoms. The number of nitrogens with one attached hydrogen (secondary N) is 2. The molecular weight excluding hydrogens is 442 g/mol.